The predicted molar refractivity (Wildman–Crippen MR) is 342 cm³/mol. The molecule has 0 aliphatic carbocycles. The third-order valence-corrected chi connectivity index (χ3v) is 15.4. The van der Waals surface area contributed by atoms with E-state index in [4.69, 9.17) is 56.8 Å². The SMILES string of the molecule is CCCCCCCOC(CCCCCCC(OCCC)OC([O])C(CC)CCCC)(OC(CCCCCOCC(C)(C)C)OC(C)(C)CC(OCCC(C)C)(OCC(C)C)OC(C)(CCCC)OCCCCOCCC)OC(C)(CC)CC. The zero-order valence-corrected chi connectivity index (χ0v) is 58.3. The fourth-order valence-corrected chi connectivity index (χ4v) is 9.81. The van der Waals surface area contributed by atoms with Crippen LogP contribution in [0.3, 0.4) is 0 Å². The van der Waals surface area contributed by atoms with Crippen LogP contribution < -0.4 is 0 Å². The number of rotatable bonds is 61. The van der Waals surface area contributed by atoms with Gasteiger partial charge in [0.2, 0.25) is 0 Å². The van der Waals surface area contributed by atoms with E-state index in [1.54, 1.807) is 0 Å². The second kappa shape index (κ2) is 48.3. The second-order valence-electron chi connectivity index (χ2n) is 27.3. The molecule has 83 heavy (non-hydrogen) atoms. The molecule has 13 nitrogen and oxygen atoms in total. The van der Waals surface area contributed by atoms with E-state index in [1.165, 1.54) is 12.8 Å². The minimum Gasteiger partial charge on any atom is -0.381 e. The highest BCUT2D eigenvalue weighted by Gasteiger charge is 2.49. The van der Waals surface area contributed by atoms with Crippen LogP contribution in [-0.2, 0) is 61.9 Å². The van der Waals surface area contributed by atoms with Crippen molar-refractivity contribution in [3.63, 3.8) is 0 Å². The first kappa shape index (κ1) is 82.5. The van der Waals surface area contributed by atoms with Crippen molar-refractivity contribution < 1.29 is 61.9 Å². The van der Waals surface area contributed by atoms with Crippen LogP contribution in [0, 0.1) is 23.2 Å². The lowest BCUT2D eigenvalue weighted by atomic mass is 9.99. The molecule has 0 aromatic rings. The Morgan fingerprint density at radius 3 is 1.60 bits per heavy atom. The summed E-state index contributed by atoms with van der Waals surface area (Å²) in [4.78, 5) is 0. The number of unbranched alkanes of at least 4 members (excludes halogenated alkanes) is 12. The van der Waals surface area contributed by atoms with Gasteiger partial charge in [0, 0.05) is 45.2 Å². The zero-order chi connectivity index (χ0) is 62.5. The maximum absolute atomic E-state index is 13.4. The second-order valence-corrected chi connectivity index (χ2v) is 27.3. The summed E-state index contributed by atoms with van der Waals surface area (Å²) >= 11 is 0. The lowest BCUT2D eigenvalue weighted by Gasteiger charge is -2.46. The highest BCUT2D eigenvalue weighted by molar-refractivity contribution is 4.82. The third kappa shape index (κ3) is 42.9. The van der Waals surface area contributed by atoms with Crippen molar-refractivity contribution in [2.45, 2.75) is 372 Å². The van der Waals surface area contributed by atoms with E-state index >= 15 is 0 Å². The maximum Gasteiger partial charge on any atom is 0.288 e. The Hall–Kier alpha value is -0.520. The predicted octanol–water partition coefficient (Wildman–Crippen LogP) is 20.0. The summed E-state index contributed by atoms with van der Waals surface area (Å²) in [5.74, 6) is -3.31. The van der Waals surface area contributed by atoms with E-state index in [0.717, 1.165) is 161 Å². The molecule has 0 bridgehead atoms. The van der Waals surface area contributed by atoms with Gasteiger partial charge in [0.25, 0.3) is 11.9 Å². The van der Waals surface area contributed by atoms with Gasteiger partial charge in [-0.05, 0) is 154 Å². The molecule has 13 heteroatoms. The van der Waals surface area contributed by atoms with Crippen molar-refractivity contribution in [3.05, 3.63) is 0 Å². The molecular weight excluding hydrogens is 1050 g/mol. The number of ether oxygens (including phenoxy) is 12. The summed E-state index contributed by atoms with van der Waals surface area (Å²) in [5.41, 5.74) is -1.34. The van der Waals surface area contributed by atoms with Gasteiger partial charge in [-0.15, -0.1) is 0 Å². The summed E-state index contributed by atoms with van der Waals surface area (Å²) in [6.07, 6.45) is 23.9. The molecule has 0 aliphatic heterocycles. The van der Waals surface area contributed by atoms with Crippen molar-refractivity contribution in [1.82, 2.24) is 0 Å². The van der Waals surface area contributed by atoms with E-state index in [9.17, 15) is 5.11 Å². The van der Waals surface area contributed by atoms with Crippen LogP contribution >= 0.6 is 0 Å². The normalized spacial score (nSPS) is 16.6. The van der Waals surface area contributed by atoms with Crippen LogP contribution in [0.5, 0.6) is 0 Å². The van der Waals surface area contributed by atoms with Crippen molar-refractivity contribution in [2.75, 3.05) is 59.5 Å². The smallest absolute Gasteiger partial charge is 0.288 e. The molecule has 1 radical (unpaired) electrons. The largest absolute Gasteiger partial charge is 0.381 e. The number of hydrogen-bond acceptors (Lipinski definition) is 12. The van der Waals surface area contributed by atoms with Gasteiger partial charge >= 0.3 is 0 Å². The molecule has 0 rings (SSSR count). The molecule has 0 amide bonds. The van der Waals surface area contributed by atoms with Gasteiger partial charge in [-0.3, -0.25) is 9.47 Å². The van der Waals surface area contributed by atoms with Gasteiger partial charge < -0.3 is 47.4 Å². The minimum atomic E-state index is -1.51. The Morgan fingerprint density at radius 1 is 0.422 bits per heavy atom. The van der Waals surface area contributed by atoms with Crippen molar-refractivity contribution >= 4 is 0 Å². The first-order valence-corrected chi connectivity index (χ1v) is 34.8. The fraction of sp³-hybridized carbons (Fsp3) is 1.00. The highest BCUT2D eigenvalue weighted by Crippen LogP contribution is 2.41. The van der Waals surface area contributed by atoms with Crippen LogP contribution in [0.4, 0.5) is 0 Å². The summed E-state index contributed by atoms with van der Waals surface area (Å²) < 4.78 is 81.9. The van der Waals surface area contributed by atoms with Crippen LogP contribution in [0.1, 0.15) is 324 Å². The third-order valence-electron chi connectivity index (χ3n) is 15.4. The van der Waals surface area contributed by atoms with Gasteiger partial charge in [-0.25, -0.2) is 5.11 Å². The molecule has 0 saturated heterocycles. The van der Waals surface area contributed by atoms with Crippen LogP contribution in [0.25, 0.3) is 0 Å². The molecule has 0 N–H and O–H groups in total. The summed E-state index contributed by atoms with van der Waals surface area (Å²) in [6, 6.07) is 0. The molecule has 0 saturated carbocycles. The molecule has 0 aromatic heterocycles. The Bertz CT molecular complexity index is 1440. The topological polar surface area (TPSA) is 131 Å². The van der Waals surface area contributed by atoms with Crippen LogP contribution in [0.2, 0.25) is 0 Å². The lowest BCUT2D eigenvalue weighted by molar-refractivity contribution is -0.468. The van der Waals surface area contributed by atoms with E-state index in [2.05, 4.69) is 132 Å². The van der Waals surface area contributed by atoms with Gasteiger partial charge in [0.05, 0.1) is 50.7 Å². The molecule has 0 aromatic carbocycles. The molecular formula is C70H141O13. The van der Waals surface area contributed by atoms with E-state index in [0.29, 0.717) is 77.8 Å². The Kier molecular flexibility index (Phi) is 48.0. The lowest BCUT2D eigenvalue weighted by Crippen LogP contribution is -2.54. The Morgan fingerprint density at radius 2 is 0.988 bits per heavy atom. The van der Waals surface area contributed by atoms with E-state index in [-0.39, 0.29) is 23.7 Å². The van der Waals surface area contributed by atoms with Gasteiger partial charge in [0.1, 0.15) is 0 Å². The van der Waals surface area contributed by atoms with Crippen molar-refractivity contribution in [1.29, 1.82) is 0 Å². The molecule has 499 valence electrons. The average Bonchev–Trinajstić information content (AvgIpc) is 3.56. The first-order valence-electron chi connectivity index (χ1n) is 34.8. The summed E-state index contributed by atoms with van der Waals surface area (Å²) in [7, 11) is 0. The molecule has 7 unspecified atom stereocenters. The fourth-order valence-electron chi connectivity index (χ4n) is 9.81. The van der Waals surface area contributed by atoms with E-state index in [1.807, 2.05) is 0 Å². The summed E-state index contributed by atoms with van der Waals surface area (Å²) in [6.45, 7) is 46.5. The van der Waals surface area contributed by atoms with Crippen LogP contribution in [0.15, 0.2) is 0 Å². The van der Waals surface area contributed by atoms with Gasteiger partial charge in [-0.1, -0.05) is 168 Å². The van der Waals surface area contributed by atoms with Crippen molar-refractivity contribution in [3.8, 4) is 0 Å². The number of hydrogen-bond donors (Lipinski definition) is 0. The molecule has 0 heterocycles. The van der Waals surface area contributed by atoms with E-state index < -0.39 is 47.8 Å². The molecule has 0 spiro atoms. The Labute approximate surface area is 514 Å². The highest BCUT2D eigenvalue weighted by atomic mass is 16.9. The quantitative estimate of drug-likeness (QED) is 0.0424. The first-order chi connectivity index (χ1) is 39.4. The maximum atomic E-state index is 13.4. The summed E-state index contributed by atoms with van der Waals surface area (Å²) in [5, 5.41) is 13.4. The molecule has 7 atom stereocenters. The van der Waals surface area contributed by atoms with Crippen molar-refractivity contribution in [2.24, 2.45) is 23.2 Å². The minimum absolute atomic E-state index is 0.00984. The van der Waals surface area contributed by atoms with Gasteiger partial charge in [-0.2, -0.15) is 0 Å². The molecule has 0 aliphatic rings. The average molecular weight is 1190 g/mol. The molecule has 0 fully saturated rings. The zero-order valence-electron chi connectivity index (χ0n) is 58.3. The standard InChI is InChI=1S/C70H141O13/c1-20-28-31-34-40-54-76-69(82-67(18,26-7)27-8,48-38-33-32-36-44-62(74-50-24-5)79-64(71)61(25-6)43-29-21-2)81-63(45-37-35-39-52-73-58-65(13,14)15)80-66(16,17)57-70(78-56-60(11)12,77-55-46-59(9)10)83-68(19,47-30-22-3)75-53-42-41-51-72-49-23-4/h59-64H,20-58H2,1-19H3. The van der Waals surface area contributed by atoms with Crippen LogP contribution in [-0.4, -0.2) is 107 Å². The Balaban J connectivity index is 7.53. The monoisotopic (exact) mass is 1190 g/mol. The van der Waals surface area contributed by atoms with Gasteiger partial charge in [0.15, 0.2) is 24.7 Å².